The minimum absolute atomic E-state index is 0.0352. The van der Waals surface area contributed by atoms with E-state index < -0.39 is 5.60 Å². The van der Waals surface area contributed by atoms with Crippen molar-refractivity contribution in [3.8, 4) is 27.9 Å². The maximum Gasteiger partial charge on any atom is 0.262 e. The third-order valence-corrected chi connectivity index (χ3v) is 11.9. The summed E-state index contributed by atoms with van der Waals surface area (Å²) in [5, 5.41) is 13.1. The van der Waals surface area contributed by atoms with Crippen LogP contribution in [-0.4, -0.2) is 90.9 Å². The van der Waals surface area contributed by atoms with Gasteiger partial charge in [-0.1, -0.05) is 30.3 Å². The summed E-state index contributed by atoms with van der Waals surface area (Å²) in [5.74, 6) is 1.32. The average Bonchev–Trinajstić information content (AvgIpc) is 3.87. The van der Waals surface area contributed by atoms with E-state index in [1.165, 1.54) is 10.9 Å². The summed E-state index contributed by atoms with van der Waals surface area (Å²) < 4.78 is 13.8. The van der Waals surface area contributed by atoms with E-state index in [4.69, 9.17) is 9.47 Å². The van der Waals surface area contributed by atoms with E-state index in [1.54, 1.807) is 37.8 Å². The van der Waals surface area contributed by atoms with Crippen molar-refractivity contribution in [2.45, 2.75) is 43.9 Å². The Balaban J connectivity index is 0.919. The van der Waals surface area contributed by atoms with Gasteiger partial charge in [0, 0.05) is 78.8 Å². The molecule has 2 aliphatic rings. The first kappa shape index (κ1) is 35.6. The number of aliphatic hydroxyl groups is 1. The van der Waals surface area contributed by atoms with Crippen molar-refractivity contribution < 1.29 is 19.4 Å². The minimum Gasteiger partial charge on any atom is -0.497 e. The van der Waals surface area contributed by atoms with E-state index in [1.807, 2.05) is 76.5 Å². The average molecular weight is 746 g/mol. The quantitative estimate of drug-likeness (QED) is 0.197. The van der Waals surface area contributed by atoms with Crippen LogP contribution < -0.4 is 15.0 Å². The van der Waals surface area contributed by atoms with Crippen molar-refractivity contribution in [1.29, 1.82) is 0 Å². The van der Waals surface area contributed by atoms with Crippen molar-refractivity contribution in [3.05, 3.63) is 119 Å². The Hall–Kier alpha value is -5.37. The number of nitrogens with zero attached hydrogens (tertiary/aromatic N) is 7. The lowest BCUT2D eigenvalue weighted by Gasteiger charge is -2.43. The van der Waals surface area contributed by atoms with Crippen LogP contribution in [0.3, 0.4) is 0 Å². The summed E-state index contributed by atoms with van der Waals surface area (Å²) >= 11 is 1.66. The molecule has 0 aliphatic carbocycles. The molecule has 54 heavy (non-hydrogen) atoms. The number of pyridine rings is 1. The van der Waals surface area contributed by atoms with Gasteiger partial charge in [0.15, 0.2) is 5.65 Å². The Morgan fingerprint density at radius 3 is 2.44 bits per heavy atom. The molecule has 12 nitrogen and oxygen atoms in total. The van der Waals surface area contributed by atoms with Gasteiger partial charge in [0.05, 0.1) is 31.8 Å². The first-order valence-corrected chi connectivity index (χ1v) is 19.1. The molecular formula is C41H43N7O5S. The number of carbonyl (C=O) groups is 1. The van der Waals surface area contributed by atoms with Crippen LogP contribution in [0.4, 0.5) is 0 Å². The molecule has 6 heterocycles. The molecule has 1 amide bonds. The fourth-order valence-electron chi connectivity index (χ4n) is 7.83. The number of rotatable bonds is 10. The molecule has 2 saturated heterocycles. The number of hydrogen-bond acceptors (Lipinski definition) is 10. The predicted molar refractivity (Wildman–Crippen MR) is 207 cm³/mol. The zero-order chi connectivity index (χ0) is 37.2. The van der Waals surface area contributed by atoms with Gasteiger partial charge in [-0.2, -0.15) is 0 Å². The van der Waals surface area contributed by atoms with Crippen molar-refractivity contribution in [2.24, 2.45) is 5.92 Å². The van der Waals surface area contributed by atoms with Crippen molar-refractivity contribution in [3.63, 3.8) is 0 Å². The Morgan fingerprint density at radius 2 is 1.72 bits per heavy atom. The van der Waals surface area contributed by atoms with Gasteiger partial charge in [-0.05, 0) is 67.8 Å². The van der Waals surface area contributed by atoms with Crippen LogP contribution in [-0.2, 0) is 17.9 Å². The number of amides is 1. The topological polar surface area (TPSA) is 128 Å². The van der Waals surface area contributed by atoms with E-state index in [9.17, 15) is 14.7 Å². The Labute approximate surface area is 317 Å². The number of ether oxygens (including phenoxy) is 2. The molecule has 0 bridgehead atoms. The van der Waals surface area contributed by atoms with E-state index in [0.717, 1.165) is 58.5 Å². The summed E-state index contributed by atoms with van der Waals surface area (Å²) in [6.07, 6.45) is 8.56. The van der Waals surface area contributed by atoms with E-state index in [2.05, 4.69) is 32.0 Å². The first-order valence-electron chi connectivity index (χ1n) is 18.3. The van der Waals surface area contributed by atoms with Crippen LogP contribution in [0.15, 0.2) is 103 Å². The number of likely N-dealkylation sites (tertiary alicyclic amines) is 2. The second-order valence-corrected chi connectivity index (χ2v) is 15.3. The molecule has 4 aromatic heterocycles. The summed E-state index contributed by atoms with van der Waals surface area (Å²) in [5.41, 5.74) is 2.19. The number of hydrogen-bond donors (Lipinski definition) is 1. The van der Waals surface area contributed by atoms with Crippen LogP contribution in [0.2, 0.25) is 0 Å². The van der Waals surface area contributed by atoms with Crippen molar-refractivity contribution in [1.82, 2.24) is 33.9 Å². The molecule has 2 fully saturated rings. The van der Waals surface area contributed by atoms with Gasteiger partial charge in [-0.25, -0.2) is 15.0 Å². The number of thiazole rings is 1. The normalized spacial score (nSPS) is 18.8. The molecule has 2 aliphatic heterocycles. The van der Waals surface area contributed by atoms with Crippen molar-refractivity contribution >= 4 is 28.3 Å². The first-order chi connectivity index (χ1) is 26.3. The summed E-state index contributed by atoms with van der Waals surface area (Å²) in [4.78, 5) is 46.9. The van der Waals surface area contributed by atoms with Gasteiger partial charge in [0.1, 0.15) is 17.1 Å². The van der Waals surface area contributed by atoms with Crippen LogP contribution >= 0.6 is 11.3 Å². The SMILES string of the molecule is COc1ccc(-n2ccc3c(=O)n(CC4(O)CCN(C(=O)[C@@H]5CCN(Cc6cnc(-c7ccc(OC)nc7)s6)C[C@H]5c5ccccc5)CC4)cnc32)cc1. The largest absolute Gasteiger partial charge is 0.497 e. The van der Waals surface area contributed by atoms with Gasteiger partial charge in [-0.15, -0.1) is 11.3 Å². The second kappa shape index (κ2) is 15.2. The number of fused-ring (bicyclic) bond motifs is 1. The number of piperidine rings is 2. The van der Waals surface area contributed by atoms with E-state index in [0.29, 0.717) is 42.8 Å². The highest BCUT2D eigenvalue weighted by atomic mass is 32.1. The molecule has 2 aromatic carbocycles. The smallest absolute Gasteiger partial charge is 0.262 e. The Morgan fingerprint density at radius 1 is 0.926 bits per heavy atom. The molecule has 1 N–H and O–H groups in total. The van der Waals surface area contributed by atoms with Crippen LogP contribution in [0.1, 0.15) is 35.6 Å². The minimum atomic E-state index is -1.13. The Kier molecular flexibility index (Phi) is 10.0. The van der Waals surface area contributed by atoms with E-state index in [-0.39, 0.29) is 29.8 Å². The highest BCUT2D eigenvalue weighted by Gasteiger charge is 2.41. The monoisotopic (exact) mass is 745 g/mol. The maximum atomic E-state index is 14.3. The van der Waals surface area contributed by atoms with Crippen LogP contribution in [0, 0.1) is 5.92 Å². The lowest BCUT2D eigenvalue weighted by molar-refractivity contribution is -0.142. The standard InChI is InChI=1S/C41H43N7O5S/c1-52-31-11-9-30(10-12-31)48-19-15-34-37(48)44-27-47(40(34)50)26-41(51)16-20-46(21-17-41)39(49)33-14-18-45(25-35(33)28-6-4-3-5-7-28)24-32-23-43-38(54-32)29-8-13-36(53-2)42-22-29/h3-13,15,19,22-23,27,33,35,51H,14,16-18,20-21,24-26H2,1-2H3/t33-,35+/m1/s1. The van der Waals surface area contributed by atoms with Gasteiger partial charge in [0.2, 0.25) is 11.8 Å². The fraction of sp³-hybridized carbons (Fsp3) is 0.341. The van der Waals surface area contributed by atoms with Gasteiger partial charge in [0.25, 0.3) is 5.56 Å². The van der Waals surface area contributed by atoms with Crippen LogP contribution in [0.5, 0.6) is 11.6 Å². The number of benzene rings is 2. The van der Waals surface area contributed by atoms with Gasteiger partial charge in [-0.3, -0.25) is 19.1 Å². The zero-order valence-electron chi connectivity index (χ0n) is 30.4. The molecule has 0 saturated carbocycles. The van der Waals surface area contributed by atoms with Gasteiger partial charge < -0.3 is 24.0 Å². The highest BCUT2D eigenvalue weighted by molar-refractivity contribution is 7.15. The van der Waals surface area contributed by atoms with Crippen LogP contribution in [0.25, 0.3) is 27.3 Å². The number of aromatic nitrogens is 5. The molecule has 8 rings (SSSR count). The lowest BCUT2D eigenvalue weighted by Crippen LogP contribution is -2.53. The van der Waals surface area contributed by atoms with Crippen molar-refractivity contribution in [2.75, 3.05) is 40.4 Å². The highest BCUT2D eigenvalue weighted by Crippen LogP contribution is 2.37. The molecule has 0 radical (unpaired) electrons. The lowest BCUT2D eigenvalue weighted by atomic mass is 9.79. The Bertz CT molecular complexity index is 2280. The number of methoxy groups -OCH3 is 2. The molecule has 13 heteroatoms. The summed E-state index contributed by atoms with van der Waals surface area (Å²) in [7, 11) is 3.22. The third kappa shape index (κ3) is 7.26. The molecular weight excluding hydrogens is 703 g/mol. The molecule has 0 unspecified atom stereocenters. The maximum absolute atomic E-state index is 14.3. The van der Waals surface area contributed by atoms with E-state index >= 15 is 0 Å². The van der Waals surface area contributed by atoms with Gasteiger partial charge >= 0.3 is 0 Å². The summed E-state index contributed by atoms with van der Waals surface area (Å²) in [6, 6.07) is 23.5. The molecule has 0 spiro atoms. The molecule has 6 aromatic rings. The second-order valence-electron chi connectivity index (χ2n) is 14.2. The summed E-state index contributed by atoms with van der Waals surface area (Å²) in [6.45, 7) is 3.29. The zero-order valence-corrected chi connectivity index (χ0v) is 31.2. The fourth-order valence-corrected chi connectivity index (χ4v) is 8.77. The molecule has 2 atom stereocenters. The number of carbonyl (C=O) groups excluding carboxylic acids is 1. The third-order valence-electron chi connectivity index (χ3n) is 10.9. The molecule has 278 valence electrons. The predicted octanol–water partition coefficient (Wildman–Crippen LogP) is 5.38.